The monoisotopic (exact) mass is 180 g/mol. The molecule has 3 nitrogen and oxygen atoms in total. The van der Waals surface area contributed by atoms with Crippen LogP contribution >= 0.6 is 0 Å². The van der Waals surface area contributed by atoms with Crippen molar-refractivity contribution in [3.63, 3.8) is 0 Å². The van der Waals surface area contributed by atoms with E-state index >= 15 is 0 Å². The summed E-state index contributed by atoms with van der Waals surface area (Å²) in [4.78, 5) is 11.5. The highest BCUT2D eigenvalue weighted by atomic mass is 16.1. The smallest absolute Gasteiger partial charge is 0.166 e. The number of rotatable bonds is 4. The van der Waals surface area contributed by atoms with E-state index in [0.717, 1.165) is 24.2 Å². The highest BCUT2D eigenvalue weighted by molar-refractivity contribution is 5.96. The van der Waals surface area contributed by atoms with Crippen LogP contribution in [0, 0.1) is 0 Å². The van der Waals surface area contributed by atoms with E-state index in [-0.39, 0.29) is 5.78 Å². The van der Waals surface area contributed by atoms with Crippen LogP contribution in [0.5, 0.6) is 0 Å². The molecular weight excluding hydrogens is 164 g/mol. The molecule has 0 aliphatic heterocycles. The number of nitrogens with zero attached hydrogens (tertiary/aromatic N) is 2. The van der Waals surface area contributed by atoms with Crippen molar-refractivity contribution < 1.29 is 4.79 Å². The number of hydrogen-bond acceptors (Lipinski definition) is 2. The van der Waals surface area contributed by atoms with E-state index < -0.39 is 0 Å². The van der Waals surface area contributed by atoms with E-state index in [0.29, 0.717) is 6.42 Å². The lowest BCUT2D eigenvalue weighted by Gasteiger charge is -2.03. The van der Waals surface area contributed by atoms with Gasteiger partial charge in [-0.15, -0.1) is 0 Å². The molecule has 1 rings (SSSR count). The van der Waals surface area contributed by atoms with E-state index in [4.69, 9.17) is 0 Å². The second-order valence-electron chi connectivity index (χ2n) is 2.95. The number of aryl methyl sites for hydroxylation is 1. The first-order valence-corrected chi connectivity index (χ1v) is 4.82. The van der Waals surface area contributed by atoms with Gasteiger partial charge in [0.25, 0.3) is 0 Å². The fourth-order valence-electron chi connectivity index (χ4n) is 1.48. The molecule has 3 heteroatoms. The molecular formula is C10H16N2O. The van der Waals surface area contributed by atoms with Crippen molar-refractivity contribution in [2.75, 3.05) is 0 Å². The molecule has 0 N–H and O–H groups in total. The summed E-state index contributed by atoms with van der Waals surface area (Å²) >= 11 is 0. The summed E-state index contributed by atoms with van der Waals surface area (Å²) in [6.07, 6.45) is 3.12. The minimum Gasteiger partial charge on any atom is -0.294 e. The number of Topliss-reactive ketones (excluding diaryl/α,β-unsaturated/α-hetero) is 1. The highest BCUT2D eigenvalue weighted by Crippen LogP contribution is 2.11. The quantitative estimate of drug-likeness (QED) is 0.665. The Morgan fingerprint density at radius 2 is 2.15 bits per heavy atom. The second kappa shape index (κ2) is 4.21. The molecule has 0 bridgehead atoms. The molecule has 0 radical (unpaired) electrons. The predicted molar refractivity (Wildman–Crippen MR) is 51.9 cm³/mol. The lowest BCUT2D eigenvalue weighted by Crippen LogP contribution is -2.05. The summed E-state index contributed by atoms with van der Waals surface area (Å²) in [5.74, 6) is 0.191. The molecule has 0 saturated carbocycles. The fourth-order valence-corrected chi connectivity index (χ4v) is 1.48. The Bertz CT molecular complexity index is 302. The number of aromatic nitrogens is 2. The van der Waals surface area contributed by atoms with Gasteiger partial charge in [-0.05, 0) is 13.3 Å². The molecule has 0 atom stereocenters. The topological polar surface area (TPSA) is 34.9 Å². The van der Waals surface area contributed by atoms with Crippen molar-refractivity contribution >= 4 is 5.78 Å². The van der Waals surface area contributed by atoms with Crippen LogP contribution in [0.3, 0.4) is 0 Å². The molecule has 1 aromatic heterocycles. The van der Waals surface area contributed by atoms with Crippen LogP contribution in [0.1, 0.15) is 43.2 Å². The molecule has 0 aliphatic rings. The van der Waals surface area contributed by atoms with Gasteiger partial charge >= 0.3 is 0 Å². The van der Waals surface area contributed by atoms with E-state index in [1.54, 1.807) is 6.20 Å². The van der Waals surface area contributed by atoms with Gasteiger partial charge in [-0.25, -0.2) is 0 Å². The van der Waals surface area contributed by atoms with Crippen molar-refractivity contribution in [2.45, 2.75) is 40.2 Å². The predicted octanol–water partition coefficient (Wildman–Crippen LogP) is 2.06. The summed E-state index contributed by atoms with van der Waals surface area (Å²) < 4.78 is 1.89. The zero-order valence-corrected chi connectivity index (χ0v) is 8.50. The summed E-state index contributed by atoms with van der Waals surface area (Å²) in [5.41, 5.74) is 1.86. The Morgan fingerprint density at radius 1 is 1.46 bits per heavy atom. The molecule has 0 saturated heterocycles. The number of carbonyl (C=O) groups is 1. The van der Waals surface area contributed by atoms with Crippen LogP contribution in [0.15, 0.2) is 6.20 Å². The van der Waals surface area contributed by atoms with Gasteiger partial charge in [0.15, 0.2) is 5.78 Å². The molecule has 0 fully saturated rings. The largest absolute Gasteiger partial charge is 0.294 e. The second-order valence-corrected chi connectivity index (χ2v) is 2.95. The zero-order valence-electron chi connectivity index (χ0n) is 8.50. The van der Waals surface area contributed by atoms with E-state index in [1.165, 1.54) is 0 Å². The average Bonchev–Trinajstić information content (AvgIpc) is 2.58. The van der Waals surface area contributed by atoms with Gasteiger partial charge in [-0.1, -0.05) is 13.8 Å². The summed E-state index contributed by atoms with van der Waals surface area (Å²) in [6, 6.07) is 0. The van der Waals surface area contributed by atoms with Crippen LogP contribution < -0.4 is 0 Å². The minimum atomic E-state index is 0.191. The molecule has 1 heterocycles. The van der Waals surface area contributed by atoms with Crippen molar-refractivity contribution in [3.05, 3.63) is 17.5 Å². The van der Waals surface area contributed by atoms with Gasteiger partial charge in [0.2, 0.25) is 0 Å². The van der Waals surface area contributed by atoms with E-state index in [1.807, 2.05) is 18.5 Å². The van der Waals surface area contributed by atoms with Crippen LogP contribution in [0.4, 0.5) is 0 Å². The summed E-state index contributed by atoms with van der Waals surface area (Å²) in [6.45, 7) is 6.80. The van der Waals surface area contributed by atoms with Gasteiger partial charge in [0, 0.05) is 18.7 Å². The molecule has 13 heavy (non-hydrogen) atoms. The Labute approximate surface area is 78.8 Å². The average molecular weight is 180 g/mol. The maximum Gasteiger partial charge on any atom is 0.166 e. The van der Waals surface area contributed by atoms with Gasteiger partial charge in [-0.2, -0.15) is 5.10 Å². The van der Waals surface area contributed by atoms with Crippen molar-refractivity contribution in [2.24, 2.45) is 0 Å². The first-order chi connectivity index (χ1) is 6.24. The Hall–Kier alpha value is -1.12. The Morgan fingerprint density at radius 3 is 2.62 bits per heavy atom. The van der Waals surface area contributed by atoms with Crippen LogP contribution in [0.2, 0.25) is 0 Å². The number of hydrogen-bond donors (Lipinski definition) is 0. The molecule has 0 spiro atoms. The molecule has 0 unspecified atom stereocenters. The number of ketones is 1. The first-order valence-electron chi connectivity index (χ1n) is 4.82. The third-order valence-electron chi connectivity index (χ3n) is 2.20. The van der Waals surface area contributed by atoms with E-state index in [9.17, 15) is 4.79 Å². The molecule has 1 aromatic rings. The fraction of sp³-hybridized carbons (Fsp3) is 0.600. The maximum atomic E-state index is 11.5. The lowest BCUT2D eigenvalue weighted by atomic mass is 10.1. The minimum absolute atomic E-state index is 0.191. The lowest BCUT2D eigenvalue weighted by molar-refractivity contribution is 0.0987. The molecule has 72 valence electrons. The van der Waals surface area contributed by atoms with E-state index in [2.05, 4.69) is 12.0 Å². The Balaban J connectivity index is 3.07. The van der Waals surface area contributed by atoms with Crippen LogP contribution in [0.25, 0.3) is 0 Å². The Kier molecular flexibility index (Phi) is 3.23. The molecule has 0 amide bonds. The third-order valence-corrected chi connectivity index (χ3v) is 2.20. The van der Waals surface area contributed by atoms with Crippen LogP contribution in [-0.2, 0) is 13.0 Å². The standard InChI is InChI=1S/C10H16N2O/c1-4-9-8(10(13)5-2)7-11-12(9)6-3/h7H,4-6H2,1-3H3. The van der Waals surface area contributed by atoms with Crippen LogP contribution in [-0.4, -0.2) is 15.6 Å². The molecule has 0 aromatic carbocycles. The summed E-state index contributed by atoms with van der Waals surface area (Å²) in [5, 5.41) is 4.17. The van der Waals surface area contributed by atoms with Crippen molar-refractivity contribution in [1.29, 1.82) is 0 Å². The summed E-state index contributed by atoms with van der Waals surface area (Å²) in [7, 11) is 0. The van der Waals surface area contributed by atoms with Gasteiger partial charge in [-0.3, -0.25) is 9.48 Å². The first kappa shape index (κ1) is 9.96. The van der Waals surface area contributed by atoms with Gasteiger partial charge < -0.3 is 0 Å². The highest BCUT2D eigenvalue weighted by Gasteiger charge is 2.13. The SMILES string of the molecule is CCC(=O)c1cnn(CC)c1CC. The normalized spacial score (nSPS) is 10.4. The van der Waals surface area contributed by atoms with Crippen molar-refractivity contribution in [1.82, 2.24) is 9.78 Å². The maximum absolute atomic E-state index is 11.5. The van der Waals surface area contributed by atoms with Gasteiger partial charge in [0.1, 0.15) is 0 Å². The van der Waals surface area contributed by atoms with Crippen molar-refractivity contribution in [3.8, 4) is 0 Å². The van der Waals surface area contributed by atoms with Gasteiger partial charge in [0.05, 0.1) is 11.8 Å². The zero-order chi connectivity index (χ0) is 9.84. The molecule has 0 aliphatic carbocycles. The third kappa shape index (κ3) is 1.79. The number of carbonyl (C=O) groups excluding carboxylic acids is 1.